The number of nitrogens with one attached hydrogen (secondary N) is 2. The summed E-state index contributed by atoms with van der Waals surface area (Å²) in [7, 11) is 3.38. The van der Waals surface area contributed by atoms with Crippen LogP contribution in [0, 0.1) is 0 Å². The molecule has 5 nitrogen and oxygen atoms in total. The van der Waals surface area contributed by atoms with Crippen molar-refractivity contribution in [3.8, 4) is 0 Å². The molecule has 2 rings (SSSR count). The number of hydrazine groups is 1. The standard InChI is InChI=1S/C14H17N3O2S/c1-4-9-5-6-12-10(7-9)11(8-19-12)13(18)16-17(3)14(20)15-2/h5-8H,4H2,1-3H3,(H,15,20)(H,16,18). The number of carbonyl (C=O) groups is 1. The van der Waals surface area contributed by atoms with Gasteiger partial charge in [-0.05, 0) is 36.3 Å². The Morgan fingerprint density at radius 3 is 2.85 bits per heavy atom. The van der Waals surface area contributed by atoms with Crippen molar-refractivity contribution in [1.29, 1.82) is 0 Å². The Labute approximate surface area is 122 Å². The molecule has 0 aliphatic heterocycles. The molecule has 0 saturated carbocycles. The van der Waals surface area contributed by atoms with E-state index in [1.165, 1.54) is 11.3 Å². The van der Waals surface area contributed by atoms with E-state index in [0.717, 1.165) is 17.4 Å². The summed E-state index contributed by atoms with van der Waals surface area (Å²) in [5.41, 5.74) is 5.05. The largest absolute Gasteiger partial charge is 0.463 e. The molecule has 6 heteroatoms. The van der Waals surface area contributed by atoms with E-state index in [4.69, 9.17) is 16.6 Å². The number of thiocarbonyl (C=S) groups is 1. The molecule has 0 aliphatic carbocycles. The summed E-state index contributed by atoms with van der Waals surface area (Å²) in [5.74, 6) is -0.253. The first-order chi connectivity index (χ1) is 9.56. The highest BCUT2D eigenvalue weighted by atomic mass is 32.1. The third-order valence-electron chi connectivity index (χ3n) is 3.08. The van der Waals surface area contributed by atoms with Crippen LogP contribution in [0.2, 0.25) is 0 Å². The van der Waals surface area contributed by atoms with Crippen molar-refractivity contribution in [2.24, 2.45) is 0 Å². The fourth-order valence-electron chi connectivity index (χ4n) is 1.90. The van der Waals surface area contributed by atoms with Gasteiger partial charge in [-0.2, -0.15) is 0 Å². The SMILES string of the molecule is CCc1ccc2occ(C(=O)NN(C)C(=S)NC)c2c1. The highest BCUT2D eigenvalue weighted by Gasteiger charge is 2.16. The predicted octanol–water partition coefficient (Wildman–Crippen LogP) is 2.08. The van der Waals surface area contributed by atoms with Gasteiger partial charge in [0, 0.05) is 19.5 Å². The average molecular weight is 291 g/mol. The van der Waals surface area contributed by atoms with E-state index in [9.17, 15) is 4.79 Å². The Morgan fingerprint density at radius 2 is 2.20 bits per heavy atom. The van der Waals surface area contributed by atoms with Gasteiger partial charge in [0.15, 0.2) is 5.11 Å². The number of hydrogen-bond donors (Lipinski definition) is 2. The maximum absolute atomic E-state index is 12.3. The monoisotopic (exact) mass is 291 g/mol. The molecule has 1 aromatic carbocycles. The van der Waals surface area contributed by atoms with E-state index in [2.05, 4.69) is 17.7 Å². The minimum absolute atomic E-state index is 0.253. The molecule has 1 heterocycles. The Balaban J connectivity index is 2.28. The van der Waals surface area contributed by atoms with Crippen molar-refractivity contribution in [2.45, 2.75) is 13.3 Å². The second kappa shape index (κ2) is 5.92. The zero-order valence-electron chi connectivity index (χ0n) is 11.7. The minimum atomic E-state index is -0.253. The predicted molar refractivity (Wildman–Crippen MR) is 82.5 cm³/mol. The number of carbonyl (C=O) groups excluding carboxylic acids is 1. The normalized spacial score (nSPS) is 10.3. The van der Waals surface area contributed by atoms with Crippen LogP contribution in [0.25, 0.3) is 11.0 Å². The number of furan rings is 1. The zero-order chi connectivity index (χ0) is 14.7. The van der Waals surface area contributed by atoms with Crippen LogP contribution in [0.1, 0.15) is 22.8 Å². The lowest BCUT2D eigenvalue weighted by Gasteiger charge is -2.19. The van der Waals surface area contributed by atoms with E-state index in [0.29, 0.717) is 16.3 Å². The quantitative estimate of drug-likeness (QED) is 0.655. The van der Waals surface area contributed by atoms with Crippen molar-refractivity contribution in [2.75, 3.05) is 14.1 Å². The molecular weight excluding hydrogens is 274 g/mol. The Hall–Kier alpha value is -2.08. The fourth-order valence-corrected chi connectivity index (χ4v) is 1.95. The highest BCUT2D eigenvalue weighted by Crippen LogP contribution is 2.22. The summed E-state index contributed by atoms with van der Waals surface area (Å²) < 4.78 is 5.41. The van der Waals surface area contributed by atoms with Gasteiger partial charge in [0.1, 0.15) is 11.8 Å². The third kappa shape index (κ3) is 2.75. The van der Waals surface area contributed by atoms with Crippen LogP contribution in [-0.4, -0.2) is 30.1 Å². The minimum Gasteiger partial charge on any atom is -0.463 e. The summed E-state index contributed by atoms with van der Waals surface area (Å²) in [4.78, 5) is 12.3. The maximum atomic E-state index is 12.3. The highest BCUT2D eigenvalue weighted by molar-refractivity contribution is 7.80. The molecule has 0 unspecified atom stereocenters. The van der Waals surface area contributed by atoms with E-state index in [1.807, 2.05) is 18.2 Å². The number of fused-ring (bicyclic) bond motifs is 1. The van der Waals surface area contributed by atoms with Crippen molar-refractivity contribution in [3.05, 3.63) is 35.6 Å². The Bertz CT molecular complexity index is 651. The van der Waals surface area contributed by atoms with Gasteiger partial charge in [0.2, 0.25) is 0 Å². The van der Waals surface area contributed by atoms with Crippen molar-refractivity contribution in [1.82, 2.24) is 15.8 Å². The zero-order valence-corrected chi connectivity index (χ0v) is 12.5. The summed E-state index contributed by atoms with van der Waals surface area (Å²) >= 11 is 5.04. The summed E-state index contributed by atoms with van der Waals surface area (Å²) in [6, 6.07) is 5.85. The molecule has 0 aliphatic rings. The van der Waals surface area contributed by atoms with E-state index in [1.54, 1.807) is 14.1 Å². The first-order valence-corrected chi connectivity index (χ1v) is 6.74. The molecule has 1 amide bonds. The van der Waals surface area contributed by atoms with Crippen LogP contribution in [0.5, 0.6) is 0 Å². The molecule has 0 atom stereocenters. The van der Waals surface area contributed by atoms with Gasteiger partial charge in [0.05, 0.1) is 5.56 Å². The molecule has 106 valence electrons. The van der Waals surface area contributed by atoms with Gasteiger partial charge in [-0.1, -0.05) is 13.0 Å². The van der Waals surface area contributed by atoms with Crippen LogP contribution >= 0.6 is 12.2 Å². The van der Waals surface area contributed by atoms with Gasteiger partial charge in [0.25, 0.3) is 5.91 Å². The average Bonchev–Trinajstić information content (AvgIpc) is 2.88. The smallest absolute Gasteiger partial charge is 0.273 e. The van der Waals surface area contributed by atoms with Gasteiger partial charge < -0.3 is 9.73 Å². The molecule has 2 N–H and O–H groups in total. The molecule has 0 bridgehead atoms. The van der Waals surface area contributed by atoms with E-state index < -0.39 is 0 Å². The van der Waals surface area contributed by atoms with Gasteiger partial charge >= 0.3 is 0 Å². The summed E-state index contributed by atoms with van der Waals surface area (Å²) in [6.45, 7) is 2.07. The van der Waals surface area contributed by atoms with Crippen LogP contribution in [-0.2, 0) is 6.42 Å². The van der Waals surface area contributed by atoms with E-state index in [-0.39, 0.29) is 5.91 Å². The van der Waals surface area contributed by atoms with E-state index >= 15 is 0 Å². The van der Waals surface area contributed by atoms with Crippen molar-refractivity contribution in [3.63, 3.8) is 0 Å². The first-order valence-electron chi connectivity index (χ1n) is 6.33. The number of nitrogens with zero attached hydrogens (tertiary/aromatic N) is 1. The third-order valence-corrected chi connectivity index (χ3v) is 3.56. The lowest BCUT2D eigenvalue weighted by molar-refractivity contribution is 0.0887. The summed E-state index contributed by atoms with van der Waals surface area (Å²) in [5, 5.41) is 5.49. The van der Waals surface area contributed by atoms with Gasteiger partial charge in [-0.15, -0.1) is 0 Å². The lowest BCUT2D eigenvalue weighted by atomic mass is 10.1. The second-order valence-electron chi connectivity index (χ2n) is 4.39. The first kappa shape index (κ1) is 14.3. The lowest BCUT2D eigenvalue weighted by Crippen LogP contribution is -2.47. The number of amides is 1. The van der Waals surface area contributed by atoms with Gasteiger partial charge in [-0.25, -0.2) is 0 Å². The molecule has 20 heavy (non-hydrogen) atoms. The Morgan fingerprint density at radius 1 is 1.45 bits per heavy atom. The van der Waals surface area contributed by atoms with Crippen molar-refractivity contribution < 1.29 is 9.21 Å². The molecule has 1 aromatic heterocycles. The molecular formula is C14H17N3O2S. The van der Waals surface area contributed by atoms with Crippen LogP contribution < -0.4 is 10.7 Å². The number of rotatable bonds is 2. The van der Waals surface area contributed by atoms with Crippen LogP contribution in [0.15, 0.2) is 28.9 Å². The molecule has 2 aromatic rings. The summed E-state index contributed by atoms with van der Waals surface area (Å²) in [6.07, 6.45) is 2.38. The van der Waals surface area contributed by atoms with Gasteiger partial charge in [-0.3, -0.25) is 15.2 Å². The topological polar surface area (TPSA) is 57.5 Å². The second-order valence-corrected chi connectivity index (χ2v) is 4.78. The maximum Gasteiger partial charge on any atom is 0.273 e. The Kier molecular flexibility index (Phi) is 4.24. The molecule has 0 spiro atoms. The molecule has 0 saturated heterocycles. The van der Waals surface area contributed by atoms with Crippen LogP contribution in [0.4, 0.5) is 0 Å². The number of aryl methyl sites for hydroxylation is 1. The van der Waals surface area contributed by atoms with Crippen LogP contribution in [0.3, 0.4) is 0 Å². The molecule has 0 fully saturated rings. The molecule has 0 radical (unpaired) electrons. The number of hydrogen-bond acceptors (Lipinski definition) is 3. The number of benzene rings is 1. The fraction of sp³-hybridized carbons (Fsp3) is 0.286. The van der Waals surface area contributed by atoms with Crippen molar-refractivity contribution >= 4 is 34.2 Å².